The third-order valence-electron chi connectivity index (χ3n) is 2.98. The summed E-state index contributed by atoms with van der Waals surface area (Å²) in [4.78, 5) is 13.4. The van der Waals surface area contributed by atoms with E-state index >= 15 is 0 Å². The Morgan fingerprint density at radius 3 is 2.14 bits per heavy atom. The van der Waals surface area contributed by atoms with Gasteiger partial charge < -0.3 is 16.4 Å². The van der Waals surface area contributed by atoms with Crippen molar-refractivity contribution in [1.29, 1.82) is 0 Å². The monoisotopic (exact) mass is 199 g/mol. The van der Waals surface area contributed by atoms with Crippen LogP contribution in [0.15, 0.2) is 0 Å². The molecule has 0 aromatic carbocycles. The Morgan fingerprint density at radius 1 is 1.29 bits per heavy atom. The van der Waals surface area contributed by atoms with Crippen molar-refractivity contribution in [2.75, 3.05) is 13.1 Å². The van der Waals surface area contributed by atoms with Crippen LogP contribution in [-0.4, -0.2) is 36.0 Å². The van der Waals surface area contributed by atoms with Crippen molar-refractivity contribution in [2.24, 2.45) is 17.4 Å². The third kappa shape index (κ3) is 2.69. The van der Waals surface area contributed by atoms with Crippen molar-refractivity contribution in [3.8, 4) is 0 Å². The maximum atomic E-state index is 11.5. The summed E-state index contributed by atoms with van der Waals surface area (Å²) in [6.45, 7) is 5.40. The number of nitrogens with two attached hydrogens (primary N) is 2. The molecule has 0 aliphatic carbocycles. The van der Waals surface area contributed by atoms with Crippen LogP contribution in [0.5, 0.6) is 0 Å². The molecule has 4 N–H and O–H groups in total. The Bertz CT molecular complexity index is 196. The Labute approximate surface area is 85.6 Å². The first-order valence-electron chi connectivity index (χ1n) is 5.32. The zero-order valence-electron chi connectivity index (χ0n) is 9.07. The normalized spacial score (nSPS) is 23.3. The molecule has 0 bridgehead atoms. The lowest BCUT2D eigenvalue weighted by molar-refractivity contribution is -0.133. The summed E-state index contributed by atoms with van der Waals surface area (Å²) in [7, 11) is 0. The van der Waals surface area contributed by atoms with Crippen LogP contribution in [0.25, 0.3) is 0 Å². The number of nitrogens with zero attached hydrogens (tertiary/aromatic N) is 1. The third-order valence-corrected chi connectivity index (χ3v) is 2.98. The van der Waals surface area contributed by atoms with Crippen molar-refractivity contribution in [2.45, 2.75) is 38.8 Å². The fourth-order valence-electron chi connectivity index (χ4n) is 1.93. The van der Waals surface area contributed by atoms with Gasteiger partial charge in [-0.2, -0.15) is 0 Å². The average Bonchev–Trinajstić information content (AvgIpc) is 2.16. The highest BCUT2D eigenvalue weighted by atomic mass is 16.2. The molecule has 1 saturated heterocycles. The van der Waals surface area contributed by atoms with Gasteiger partial charge in [-0.25, -0.2) is 0 Å². The Balaban J connectivity index is 2.39. The van der Waals surface area contributed by atoms with Gasteiger partial charge in [-0.3, -0.25) is 4.79 Å². The first kappa shape index (κ1) is 11.5. The number of hydrogen-bond acceptors (Lipinski definition) is 3. The fourth-order valence-corrected chi connectivity index (χ4v) is 1.93. The molecule has 1 amide bonds. The maximum absolute atomic E-state index is 11.5. The quantitative estimate of drug-likeness (QED) is 0.653. The zero-order chi connectivity index (χ0) is 10.7. The van der Waals surface area contributed by atoms with Crippen LogP contribution >= 0.6 is 0 Å². The van der Waals surface area contributed by atoms with Crippen molar-refractivity contribution in [3.05, 3.63) is 0 Å². The van der Waals surface area contributed by atoms with Crippen molar-refractivity contribution >= 4 is 5.91 Å². The van der Waals surface area contributed by atoms with E-state index in [0.29, 0.717) is 5.92 Å². The number of piperidine rings is 1. The SMILES string of the molecule is CC(N)C1CCN(C(=O)[C@H](C)N)CC1. The molecule has 0 radical (unpaired) electrons. The van der Waals surface area contributed by atoms with Crippen LogP contribution in [0.3, 0.4) is 0 Å². The smallest absolute Gasteiger partial charge is 0.239 e. The van der Waals surface area contributed by atoms with Crippen LogP contribution in [0.1, 0.15) is 26.7 Å². The van der Waals surface area contributed by atoms with E-state index in [9.17, 15) is 4.79 Å². The molecule has 0 aromatic heterocycles. The number of hydrogen-bond donors (Lipinski definition) is 2. The summed E-state index contributed by atoms with van der Waals surface area (Å²) in [6.07, 6.45) is 2.02. The van der Waals surface area contributed by atoms with Crippen molar-refractivity contribution in [1.82, 2.24) is 4.90 Å². The van der Waals surface area contributed by atoms with Gasteiger partial charge in [-0.1, -0.05) is 0 Å². The van der Waals surface area contributed by atoms with Crippen LogP contribution < -0.4 is 11.5 Å². The van der Waals surface area contributed by atoms with E-state index in [1.54, 1.807) is 6.92 Å². The average molecular weight is 199 g/mol. The molecule has 1 heterocycles. The van der Waals surface area contributed by atoms with Gasteiger partial charge in [0.25, 0.3) is 0 Å². The second-order valence-corrected chi connectivity index (χ2v) is 4.31. The highest BCUT2D eigenvalue weighted by Crippen LogP contribution is 2.19. The van der Waals surface area contributed by atoms with Crippen LogP contribution in [-0.2, 0) is 4.79 Å². The van der Waals surface area contributed by atoms with Crippen molar-refractivity contribution < 1.29 is 4.79 Å². The molecule has 1 unspecified atom stereocenters. The minimum Gasteiger partial charge on any atom is -0.341 e. The van der Waals surface area contributed by atoms with Gasteiger partial charge in [0.05, 0.1) is 6.04 Å². The van der Waals surface area contributed by atoms with Gasteiger partial charge >= 0.3 is 0 Å². The summed E-state index contributed by atoms with van der Waals surface area (Å²) < 4.78 is 0. The Kier molecular flexibility index (Phi) is 3.89. The van der Waals surface area contributed by atoms with E-state index in [1.807, 2.05) is 11.8 Å². The van der Waals surface area contributed by atoms with Gasteiger partial charge in [0, 0.05) is 19.1 Å². The first-order valence-corrected chi connectivity index (χ1v) is 5.32. The summed E-state index contributed by atoms with van der Waals surface area (Å²) in [5, 5.41) is 0. The number of rotatable bonds is 2. The van der Waals surface area contributed by atoms with Gasteiger partial charge in [-0.05, 0) is 32.6 Å². The topological polar surface area (TPSA) is 72.3 Å². The summed E-state index contributed by atoms with van der Waals surface area (Å²) in [6, 6.07) is -0.135. The minimum atomic E-state index is -0.373. The van der Waals surface area contributed by atoms with Gasteiger partial charge in [0.1, 0.15) is 0 Å². The molecule has 4 nitrogen and oxygen atoms in total. The zero-order valence-corrected chi connectivity index (χ0v) is 9.07. The summed E-state index contributed by atoms with van der Waals surface area (Å²) >= 11 is 0. The Hall–Kier alpha value is -0.610. The molecule has 1 fully saturated rings. The van der Waals surface area contributed by atoms with Crippen LogP contribution in [0.2, 0.25) is 0 Å². The molecule has 1 aliphatic rings. The maximum Gasteiger partial charge on any atom is 0.239 e. The van der Waals surface area contributed by atoms with E-state index in [0.717, 1.165) is 25.9 Å². The molecule has 4 heteroatoms. The number of carbonyl (C=O) groups is 1. The number of carbonyl (C=O) groups excluding carboxylic acids is 1. The Morgan fingerprint density at radius 2 is 1.79 bits per heavy atom. The van der Waals surface area contributed by atoms with E-state index in [2.05, 4.69) is 0 Å². The van der Waals surface area contributed by atoms with Gasteiger partial charge in [0.2, 0.25) is 5.91 Å². The molecule has 0 saturated carbocycles. The van der Waals surface area contributed by atoms with Gasteiger partial charge in [-0.15, -0.1) is 0 Å². The predicted octanol–water partition coefficient (Wildman–Crippen LogP) is -0.0806. The molecule has 1 rings (SSSR count). The first-order chi connectivity index (χ1) is 6.52. The van der Waals surface area contributed by atoms with Crippen molar-refractivity contribution in [3.63, 3.8) is 0 Å². The van der Waals surface area contributed by atoms with E-state index in [-0.39, 0.29) is 18.0 Å². The highest BCUT2D eigenvalue weighted by molar-refractivity contribution is 5.81. The molecule has 1 aliphatic heterocycles. The summed E-state index contributed by atoms with van der Waals surface area (Å²) in [5.74, 6) is 0.625. The fraction of sp³-hybridized carbons (Fsp3) is 0.900. The second-order valence-electron chi connectivity index (χ2n) is 4.31. The molecule has 0 aromatic rings. The largest absolute Gasteiger partial charge is 0.341 e. The van der Waals surface area contributed by atoms with E-state index in [4.69, 9.17) is 11.5 Å². The van der Waals surface area contributed by atoms with E-state index < -0.39 is 0 Å². The predicted molar refractivity (Wildman–Crippen MR) is 56.6 cm³/mol. The highest BCUT2D eigenvalue weighted by Gasteiger charge is 2.25. The number of amides is 1. The lowest BCUT2D eigenvalue weighted by atomic mass is 9.91. The molecule has 14 heavy (non-hydrogen) atoms. The lowest BCUT2D eigenvalue weighted by Gasteiger charge is -2.34. The minimum absolute atomic E-state index is 0.0631. The van der Waals surface area contributed by atoms with E-state index in [1.165, 1.54) is 0 Å². The molecular formula is C10H21N3O. The van der Waals surface area contributed by atoms with Crippen LogP contribution in [0, 0.1) is 5.92 Å². The lowest BCUT2D eigenvalue weighted by Crippen LogP contribution is -2.47. The molecular weight excluding hydrogens is 178 g/mol. The molecule has 2 atom stereocenters. The van der Waals surface area contributed by atoms with Gasteiger partial charge in [0.15, 0.2) is 0 Å². The molecule has 82 valence electrons. The summed E-state index contributed by atoms with van der Waals surface area (Å²) in [5.41, 5.74) is 11.4. The number of likely N-dealkylation sites (tertiary alicyclic amines) is 1. The standard InChI is InChI=1S/C10H21N3O/c1-7(11)9-3-5-13(6-4-9)10(14)8(2)12/h7-9H,3-6,11-12H2,1-2H3/t7?,8-/m0/s1. The second kappa shape index (κ2) is 4.75. The van der Waals surface area contributed by atoms with Crippen LogP contribution in [0.4, 0.5) is 0 Å². The molecule has 0 spiro atoms.